The van der Waals surface area contributed by atoms with Gasteiger partial charge in [0.05, 0.1) is 5.54 Å². The maximum absolute atomic E-state index is 13.2. The molecule has 1 aliphatic carbocycles. The lowest BCUT2D eigenvalue weighted by Gasteiger charge is -2.45. The lowest BCUT2D eigenvalue weighted by Crippen LogP contribution is -2.57. The van der Waals surface area contributed by atoms with E-state index in [0.717, 1.165) is 25.7 Å². The van der Waals surface area contributed by atoms with E-state index < -0.39 is 0 Å². The van der Waals surface area contributed by atoms with Crippen LogP contribution in [0.2, 0.25) is 0 Å². The van der Waals surface area contributed by atoms with E-state index in [9.17, 15) is 9.18 Å². The number of rotatable bonds is 3. The van der Waals surface area contributed by atoms with Gasteiger partial charge in [-0.2, -0.15) is 0 Å². The molecular formula is C16H24FN3O. The molecule has 5 heteroatoms. The van der Waals surface area contributed by atoms with Gasteiger partial charge in [-0.3, -0.25) is 0 Å². The summed E-state index contributed by atoms with van der Waals surface area (Å²) in [4.78, 5) is 14.1. The van der Waals surface area contributed by atoms with Crippen LogP contribution in [0.3, 0.4) is 0 Å². The Morgan fingerprint density at radius 1 is 1.48 bits per heavy atom. The number of likely N-dealkylation sites (N-methyl/N-ethyl adjacent to an activating group) is 1. The second-order valence-electron chi connectivity index (χ2n) is 6.11. The van der Waals surface area contributed by atoms with Crippen LogP contribution in [0.5, 0.6) is 0 Å². The van der Waals surface area contributed by atoms with Crippen molar-refractivity contribution in [2.24, 2.45) is 11.7 Å². The normalized spacial score (nSPS) is 25.4. The Morgan fingerprint density at radius 2 is 2.14 bits per heavy atom. The summed E-state index contributed by atoms with van der Waals surface area (Å²) in [6.45, 7) is 2.68. The second-order valence-corrected chi connectivity index (χ2v) is 6.11. The van der Waals surface area contributed by atoms with E-state index in [2.05, 4.69) is 12.2 Å². The summed E-state index contributed by atoms with van der Waals surface area (Å²) < 4.78 is 13.2. The number of nitrogens with zero attached hydrogens (tertiary/aromatic N) is 1. The van der Waals surface area contributed by atoms with Crippen molar-refractivity contribution in [1.82, 2.24) is 4.90 Å². The first-order valence-corrected chi connectivity index (χ1v) is 7.47. The molecule has 0 aromatic heterocycles. The van der Waals surface area contributed by atoms with Gasteiger partial charge in [0.2, 0.25) is 0 Å². The molecule has 116 valence electrons. The quantitative estimate of drug-likeness (QED) is 0.899. The highest BCUT2D eigenvalue weighted by Crippen LogP contribution is 2.35. The second kappa shape index (κ2) is 6.43. The molecule has 0 unspecified atom stereocenters. The molecule has 0 heterocycles. The van der Waals surface area contributed by atoms with E-state index in [1.807, 2.05) is 0 Å². The summed E-state index contributed by atoms with van der Waals surface area (Å²) in [5, 5.41) is 2.74. The Morgan fingerprint density at radius 3 is 2.71 bits per heavy atom. The van der Waals surface area contributed by atoms with Crippen LogP contribution in [-0.4, -0.2) is 30.1 Å². The van der Waals surface area contributed by atoms with Crippen molar-refractivity contribution in [2.45, 2.75) is 38.1 Å². The number of anilines is 1. The summed E-state index contributed by atoms with van der Waals surface area (Å²) in [5.74, 6) is 0.319. The third kappa shape index (κ3) is 3.53. The number of hydrogen-bond acceptors (Lipinski definition) is 2. The van der Waals surface area contributed by atoms with Crippen molar-refractivity contribution in [3.05, 3.63) is 30.1 Å². The van der Waals surface area contributed by atoms with E-state index in [1.54, 1.807) is 24.1 Å². The Hall–Kier alpha value is -1.62. The van der Waals surface area contributed by atoms with Crippen LogP contribution in [0, 0.1) is 11.7 Å². The molecule has 0 aliphatic heterocycles. The van der Waals surface area contributed by atoms with E-state index in [1.165, 1.54) is 12.1 Å². The zero-order valence-corrected chi connectivity index (χ0v) is 12.7. The Labute approximate surface area is 125 Å². The predicted octanol–water partition coefficient (Wildman–Crippen LogP) is 3.20. The minimum Gasteiger partial charge on any atom is -0.328 e. The first-order chi connectivity index (χ1) is 9.97. The molecule has 3 N–H and O–H groups in total. The highest BCUT2D eigenvalue weighted by atomic mass is 19.1. The summed E-state index contributed by atoms with van der Waals surface area (Å²) >= 11 is 0. The predicted molar refractivity (Wildman–Crippen MR) is 82.6 cm³/mol. The molecule has 2 amide bonds. The van der Waals surface area contributed by atoms with Gasteiger partial charge in [0.25, 0.3) is 0 Å². The number of nitrogens with two attached hydrogens (primary N) is 1. The molecule has 2 rings (SSSR count). The number of halogens is 1. The van der Waals surface area contributed by atoms with Crippen LogP contribution >= 0.6 is 0 Å². The molecule has 0 spiro atoms. The number of hydrogen-bond donors (Lipinski definition) is 2. The van der Waals surface area contributed by atoms with Crippen molar-refractivity contribution in [2.75, 3.05) is 18.9 Å². The third-order valence-electron chi connectivity index (χ3n) is 4.68. The molecular weight excluding hydrogens is 269 g/mol. The number of carbonyl (C=O) groups is 1. The molecule has 0 saturated heterocycles. The minimum absolute atomic E-state index is 0.236. The van der Waals surface area contributed by atoms with Crippen molar-refractivity contribution in [1.29, 1.82) is 0 Å². The lowest BCUT2D eigenvalue weighted by molar-refractivity contribution is 0.0968. The monoisotopic (exact) mass is 293 g/mol. The van der Waals surface area contributed by atoms with E-state index in [-0.39, 0.29) is 17.4 Å². The Bertz CT molecular complexity index is 498. The van der Waals surface area contributed by atoms with Crippen LogP contribution in [-0.2, 0) is 0 Å². The molecule has 0 atom stereocenters. The lowest BCUT2D eigenvalue weighted by atomic mass is 9.76. The summed E-state index contributed by atoms with van der Waals surface area (Å²) in [5.41, 5.74) is 6.13. The van der Waals surface area contributed by atoms with Crippen LogP contribution < -0.4 is 11.1 Å². The Kier molecular flexibility index (Phi) is 4.83. The van der Waals surface area contributed by atoms with Crippen LogP contribution in [0.15, 0.2) is 24.3 Å². The van der Waals surface area contributed by atoms with Gasteiger partial charge < -0.3 is 16.0 Å². The van der Waals surface area contributed by atoms with Gasteiger partial charge in [-0.05, 0) is 49.8 Å². The summed E-state index contributed by atoms with van der Waals surface area (Å²) in [7, 11) is 1.78. The molecule has 0 bridgehead atoms. The standard InChI is InChI=1S/C16H24FN3O/c1-12-6-8-16(11-18,9-7-12)20(2)15(21)19-14-5-3-4-13(17)10-14/h3-5,10,12H,6-9,11,18H2,1-2H3,(H,19,21). The maximum Gasteiger partial charge on any atom is 0.322 e. The van der Waals surface area contributed by atoms with Crippen LogP contribution in [0.4, 0.5) is 14.9 Å². The fourth-order valence-corrected chi connectivity index (χ4v) is 2.96. The third-order valence-corrected chi connectivity index (χ3v) is 4.68. The molecule has 0 radical (unpaired) electrons. The number of carbonyl (C=O) groups excluding carboxylic acids is 1. The number of urea groups is 1. The van der Waals surface area contributed by atoms with Gasteiger partial charge >= 0.3 is 6.03 Å². The van der Waals surface area contributed by atoms with Gasteiger partial charge in [-0.1, -0.05) is 13.0 Å². The van der Waals surface area contributed by atoms with Gasteiger partial charge in [-0.15, -0.1) is 0 Å². The molecule has 1 aliphatic rings. The molecule has 1 saturated carbocycles. The Balaban J connectivity index is 2.07. The van der Waals surface area contributed by atoms with E-state index >= 15 is 0 Å². The van der Waals surface area contributed by atoms with Gasteiger partial charge in [-0.25, -0.2) is 9.18 Å². The largest absolute Gasteiger partial charge is 0.328 e. The van der Waals surface area contributed by atoms with Gasteiger partial charge in [0.1, 0.15) is 5.82 Å². The molecule has 1 aromatic carbocycles. The topological polar surface area (TPSA) is 58.4 Å². The molecule has 4 nitrogen and oxygen atoms in total. The average molecular weight is 293 g/mol. The number of amides is 2. The maximum atomic E-state index is 13.2. The molecule has 1 fully saturated rings. The SMILES string of the molecule is CC1CCC(CN)(N(C)C(=O)Nc2cccc(F)c2)CC1. The highest BCUT2D eigenvalue weighted by Gasteiger charge is 2.39. The van der Waals surface area contributed by atoms with Crippen LogP contribution in [0.25, 0.3) is 0 Å². The van der Waals surface area contributed by atoms with Crippen molar-refractivity contribution < 1.29 is 9.18 Å². The molecule has 1 aromatic rings. The zero-order chi connectivity index (χ0) is 15.5. The fourth-order valence-electron chi connectivity index (χ4n) is 2.96. The summed E-state index contributed by atoms with van der Waals surface area (Å²) in [6.07, 6.45) is 3.99. The first-order valence-electron chi connectivity index (χ1n) is 7.47. The minimum atomic E-state index is -0.365. The number of nitrogens with one attached hydrogen (secondary N) is 1. The molecule has 21 heavy (non-hydrogen) atoms. The first kappa shape index (κ1) is 15.8. The van der Waals surface area contributed by atoms with Crippen molar-refractivity contribution in [3.63, 3.8) is 0 Å². The zero-order valence-electron chi connectivity index (χ0n) is 12.7. The fraction of sp³-hybridized carbons (Fsp3) is 0.562. The van der Waals surface area contributed by atoms with E-state index in [4.69, 9.17) is 5.73 Å². The average Bonchev–Trinajstić information content (AvgIpc) is 2.48. The van der Waals surface area contributed by atoms with Crippen molar-refractivity contribution in [3.8, 4) is 0 Å². The summed E-state index contributed by atoms with van der Waals surface area (Å²) in [6, 6.07) is 5.67. The number of benzene rings is 1. The van der Waals surface area contributed by atoms with Gasteiger partial charge in [0, 0.05) is 19.3 Å². The smallest absolute Gasteiger partial charge is 0.322 e. The van der Waals surface area contributed by atoms with Crippen LogP contribution in [0.1, 0.15) is 32.6 Å². The highest BCUT2D eigenvalue weighted by molar-refractivity contribution is 5.89. The van der Waals surface area contributed by atoms with E-state index in [0.29, 0.717) is 18.2 Å². The van der Waals surface area contributed by atoms with Gasteiger partial charge in [0.15, 0.2) is 0 Å². The van der Waals surface area contributed by atoms with Crippen molar-refractivity contribution >= 4 is 11.7 Å².